The smallest absolute Gasteiger partial charge is 0.341 e. The first-order chi connectivity index (χ1) is 19.2. The Balaban J connectivity index is 1.53. The van der Waals surface area contributed by atoms with E-state index in [2.05, 4.69) is 32.1 Å². The molecule has 0 aliphatic carbocycles. The molecule has 2 aliphatic heterocycles. The summed E-state index contributed by atoms with van der Waals surface area (Å²) in [6.07, 6.45) is 6.02. The van der Waals surface area contributed by atoms with Gasteiger partial charge in [-0.3, -0.25) is 4.79 Å². The van der Waals surface area contributed by atoms with Gasteiger partial charge in [0.2, 0.25) is 5.43 Å². The Hall–Kier alpha value is -4.15. The zero-order valence-electron chi connectivity index (χ0n) is 22.3. The van der Waals surface area contributed by atoms with Crippen molar-refractivity contribution in [1.82, 2.24) is 24.4 Å². The fourth-order valence-corrected chi connectivity index (χ4v) is 6.88. The van der Waals surface area contributed by atoms with Crippen LogP contribution in [0.15, 0.2) is 41.6 Å². The Labute approximate surface area is 234 Å². The highest BCUT2D eigenvalue weighted by molar-refractivity contribution is 6.33. The van der Waals surface area contributed by atoms with Crippen LogP contribution < -0.4 is 15.6 Å². The highest BCUT2D eigenvalue weighted by atomic mass is 35.5. The second-order valence-electron chi connectivity index (χ2n) is 10.9. The molecule has 11 heteroatoms. The maximum atomic E-state index is 13.2. The lowest BCUT2D eigenvalue weighted by molar-refractivity contribution is 0.0695. The van der Waals surface area contributed by atoms with Crippen molar-refractivity contribution in [2.45, 2.75) is 12.5 Å². The lowest BCUT2D eigenvalue weighted by atomic mass is 10.0. The minimum atomic E-state index is -1.26. The van der Waals surface area contributed by atoms with Crippen molar-refractivity contribution >= 4 is 61.9 Å². The number of halogens is 1. The van der Waals surface area contributed by atoms with Crippen LogP contribution in [0.3, 0.4) is 0 Å². The van der Waals surface area contributed by atoms with Gasteiger partial charge in [-0.05, 0) is 44.1 Å². The Kier molecular flexibility index (Phi) is 5.55. The molecule has 6 heterocycles. The van der Waals surface area contributed by atoms with E-state index in [4.69, 9.17) is 16.6 Å². The average Bonchev–Trinajstić information content (AvgIpc) is 3.63. The van der Waals surface area contributed by atoms with Gasteiger partial charge in [0, 0.05) is 73.4 Å². The standard InChI is InChI=1S/C29H28ClN7O3/c1-31-21-8-16(30)7-17-23-25(37-11-14-4-5-35(2)22(14)13-37)19(10-32-27(23)34-24(17)21)15-6-18-26(38)20(29(39)40)12-36(3)28(18)33-9-15/h6-10,12,14,22,31H,4-5,11,13H2,1-3H3,(H,32,34)(H,39,40)/t14-,22+/m1/s1. The lowest BCUT2D eigenvalue weighted by Gasteiger charge is -2.25. The molecule has 0 radical (unpaired) electrons. The number of fused-ring (bicyclic) bond motifs is 5. The molecule has 4 aromatic heterocycles. The molecule has 1 aromatic carbocycles. The van der Waals surface area contributed by atoms with E-state index < -0.39 is 11.4 Å². The summed E-state index contributed by atoms with van der Waals surface area (Å²) in [5, 5.41) is 15.6. The van der Waals surface area contributed by atoms with Gasteiger partial charge in [0.05, 0.1) is 27.7 Å². The summed E-state index contributed by atoms with van der Waals surface area (Å²) >= 11 is 6.57. The summed E-state index contributed by atoms with van der Waals surface area (Å²) < 4.78 is 1.57. The van der Waals surface area contributed by atoms with Gasteiger partial charge in [0.25, 0.3) is 0 Å². The molecule has 2 atom stereocenters. The van der Waals surface area contributed by atoms with Gasteiger partial charge < -0.3 is 29.8 Å². The number of carboxylic acid groups (broad SMARTS) is 1. The molecule has 7 rings (SSSR count). The van der Waals surface area contributed by atoms with Gasteiger partial charge >= 0.3 is 5.97 Å². The molecule has 0 amide bonds. The Morgan fingerprint density at radius 2 is 1.98 bits per heavy atom. The Morgan fingerprint density at radius 1 is 1.15 bits per heavy atom. The number of rotatable bonds is 4. The van der Waals surface area contributed by atoms with Crippen molar-refractivity contribution in [3.63, 3.8) is 0 Å². The van der Waals surface area contributed by atoms with Crippen LogP contribution in [0.5, 0.6) is 0 Å². The molecular weight excluding hydrogens is 530 g/mol. The van der Waals surface area contributed by atoms with Gasteiger partial charge in [-0.2, -0.15) is 0 Å². The van der Waals surface area contributed by atoms with Crippen molar-refractivity contribution in [2.75, 3.05) is 43.9 Å². The number of likely N-dealkylation sites (tertiary alicyclic amines) is 1. The minimum absolute atomic E-state index is 0.253. The highest BCUT2D eigenvalue weighted by Crippen LogP contribution is 2.45. The maximum absolute atomic E-state index is 13.2. The number of nitrogens with one attached hydrogen (secondary N) is 2. The van der Waals surface area contributed by atoms with Crippen LogP contribution in [-0.2, 0) is 7.05 Å². The number of benzene rings is 1. The molecule has 204 valence electrons. The zero-order valence-corrected chi connectivity index (χ0v) is 23.1. The molecule has 10 nitrogen and oxygen atoms in total. The average molecular weight is 558 g/mol. The third-order valence-corrected chi connectivity index (χ3v) is 8.85. The number of aromatic nitrogens is 4. The second kappa shape index (κ2) is 8.94. The van der Waals surface area contributed by atoms with E-state index in [0.29, 0.717) is 28.2 Å². The van der Waals surface area contributed by atoms with Gasteiger partial charge in [-0.15, -0.1) is 0 Å². The van der Waals surface area contributed by atoms with Crippen LogP contribution in [0.1, 0.15) is 16.8 Å². The number of pyridine rings is 3. The lowest BCUT2D eigenvalue weighted by Crippen LogP contribution is -2.32. The van der Waals surface area contributed by atoms with Crippen molar-refractivity contribution < 1.29 is 9.90 Å². The second-order valence-corrected chi connectivity index (χ2v) is 11.3. The van der Waals surface area contributed by atoms with E-state index in [0.717, 1.165) is 64.9 Å². The molecule has 40 heavy (non-hydrogen) atoms. The van der Waals surface area contributed by atoms with Crippen molar-refractivity contribution in [3.8, 4) is 11.1 Å². The monoisotopic (exact) mass is 557 g/mol. The third kappa shape index (κ3) is 3.59. The van der Waals surface area contributed by atoms with Crippen LogP contribution in [0.2, 0.25) is 5.02 Å². The number of aromatic carboxylic acids is 1. The maximum Gasteiger partial charge on any atom is 0.341 e. The van der Waals surface area contributed by atoms with E-state index >= 15 is 0 Å². The first-order valence-electron chi connectivity index (χ1n) is 13.2. The van der Waals surface area contributed by atoms with Gasteiger partial charge in [0.1, 0.15) is 16.9 Å². The molecule has 5 aromatic rings. The number of carbonyl (C=O) groups is 1. The van der Waals surface area contributed by atoms with E-state index in [1.165, 1.54) is 6.20 Å². The summed E-state index contributed by atoms with van der Waals surface area (Å²) in [6, 6.07) is 6.05. The summed E-state index contributed by atoms with van der Waals surface area (Å²) in [4.78, 5) is 42.7. The first-order valence-corrected chi connectivity index (χ1v) is 13.6. The number of H-pyrrole nitrogens is 1. The number of hydrogen-bond donors (Lipinski definition) is 3. The highest BCUT2D eigenvalue weighted by Gasteiger charge is 2.41. The van der Waals surface area contributed by atoms with Gasteiger partial charge in [0.15, 0.2) is 0 Å². The number of aromatic amines is 1. The van der Waals surface area contributed by atoms with Crippen LogP contribution >= 0.6 is 11.6 Å². The van der Waals surface area contributed by atoms with Gasteiger partial charge in [-0.1, -0.05) is 11.6 Å². The van der Waals surface area contributed by atoms with Crippen molar-refractivity contribution in [2.24, 2.45) is 13.0 Å². The zero-order chi connectivity index (χ0) is 27.9. The largest absolute Gasteiger partial charge is 0.477 e. The third-order valence-electron chi connectivity index (χ3n) is 8.63. The number of hydrogen-bond acceptors (Lipinski definition) is 7. The molecule has 0 spiro atoms. The Morgan fingerprint density at radius 3 is 2.73 bits per heavy atom. The summed E-state index contributed by atoms with van der Waals surface area (Å²) in [5.41, 5.74) is 4.66. The molecule has 2 fully saturated rings. The fraction of sp³-hybridized carbons (Fsp3) is 0.310. The normalized spacial score (nSPS) is 19.2. The number of likely N-dealkylation sites (N-methyl/N-ethyl adjacent to an activating group) is 1. The fourth-order valence-electron chi connectivity index (χ4n) is 6.66. The summed E-state index contributed by atoms with van der Waals surface area (Å²) in [7, 11) is 5.74. The summed E-state index contributed by atoms with van der Waals surface area (Å²) in [5.74, 6) is -0.705. The number of anilines is 2. The summed E-state index contributed by atoms with van der Waals surface area (Å²) in [6.45, 7) is 2.87. The predicted octanol–water partition coefficient (Wildman–Crippen LogP) is 4.16. The van der Waals surface area contributed by atoms with Crippen molar-refractivity contribution in [1.29, 1.82) is 0 Å². The molecule has 2 saturated heterocycles. The molecule has 0 saturated carbocycles. The first kappa shape index (κ1) is 24.9. The molecule has 2 aliphatic rings. The van der Waals surface area contributed by atoms with E-state index in [-0.39, 0.29) is 10.9 Å². The van der Waals surface area contributed by atoms with Crippen LogP contribution in [0.4, 0.5) is 11.4 Å². The molecular formula is C29H28ClN7O3. The van der Waals surface area contributed by atoms with Crippen LogP contribution in [-0.4, -0.2) is 75.3 Å². The molecule has 0 bridgehead atoms. The molecule has 0 unspecified atom stereocenters. The van der Waals surface area contributed by atoms with E-state index in [1.807, 2.05) is 25.4 Å². The van der Waals surface area contributed by atoms with E-state index in [9.17, 15) is 14.7 Å². The van der Waals surface area contributed by atoms with Crippen LogP contribution in [0, 0.1) is 5.92 Å². The predicted molar refractivity (Wildman–Crippen MR) is 158 cm³/mol. The SMILES string of the molecule is CNc1cc(Cl)cc2c1[nH]c1ncc(-c3cnc4c(c3)c(=O)c(C(=O)O)cn4C)c(N3C[C@H]4CCN(C)[C@H]4C3)c12. The van der Waals surface area contributed by atoms with Gasteiger partial charge in [-0.25, -0.2) is 14.8 Å². The minimum Gasteiger partial charge on any atom is -0.477 e. The topological polar surface area (TPSA) is 119 Å². The Bertz CT molecular complexity index is 1930. The van der Waals surface area contributed by atoms with Crippen molar-refractivity contribution in [3.05, 3.63) is 57.6 Å². The number of aryl methyl sites for hydroxylation is 1. The number of nitrogens with zero attached hydrogens (tertiary/aromatic N) is 5. The number of carboxylic acids is 1. The van der Waals surface area contributed by atoms with Crippen LogP contribution in [0.25, 0.3) is 44.1 Å². The van der Waals surface area contributed by atoms with E-state index in [1.54, 1.807) is 23.9 Å². The quantitative estimate of drug-likeness (QED) is 0.301. The molecule has 3 N–H and O–H groups in total.